The molecule has 1 aliphatic rings. The summed E-state index contributed by atoms with van der Waals surface area (Å²) in [5.74, 6) is 0.709. The first-order chi connectivity index (χ1) is 11.5. The molecule has 1 aromatic heterocycles. The van der Waals surface area contributed by atoms with Gasteiger partial charge < -0.3 is 20.0 Å². The molecule has 1 aromatic carbocycles. The summed E-state index contributed by atoms with van der Waals surface area (Å²) in [5.41, 5.74) is 7.66. The summed E-state index contributed by atoms with van der Waals surface area (Å²) in [4.78, 5) is 27.7. The van der Waals surface area contributed by atoms with Gasteiger partial charge in [-0.3, -0.25) is 9.59 Å². The Labute approximate surface area is 140 Å². The first-order valence-electron chi connectivity index (χ1n) is 7.97. The van der Waals surface area contributed by atoms with Gasteiger partial charge in [0, 0.05) is 43.0 Å². The van der Waals surface area contributed by atoms with Crippen LogP contribution in [0.15, 0.2) is 34.7 Å². The predicted molar refractivity (Wildman–Crippen MR) is 91.3 cm³/mol. The highest BCUT2D eigenvalue weighted by molar-refractivity contribution is 5.93. The first-order valence-corrected chi connectivity index (χ1v) is 7.97. The summed E-state index contributed by atoms with van der Waals surface area (Å²) in [6.07, 6.45) is 0. The maximum absolute atomic E-state index is 12.6. The third-order valence-corrected chi connectivity index (χ3v) is 4.32. The van der Waals surface area contributed by atoms with Gasteiger partial charge in [0.1, 0.15) is 5.76 Å². The maximum Gasteiger partial charge on any atom is 0.289 e. The highest BCUT2D eigenvalue weighted by Crippen LogP contribution is 2.20. The van der Waals surface area contributed by atoms with E-state index in [-0.39, 0.29) is 5.91 Å². The number of hydrogen-bond acceptors (Lipinski definition) is 4. The number of furan rings is 1. The lowest BCUT2D eigenvalue weighted by atomic mass is 10.1. The summed E-state index contributed by atoms with van der Waals surface area (Å²) in [6, 6.07) is 9.10. The Hall–Kier alpha value is -2.76. The summed E-state index contributed by atoms with van der Waals surface area (Å²) in [5, 5.41) is 0. The van der Waals surface area contributed by atoms with Crippen molar-refractivity contribution in [3.63, 3.8) is 0 Å². The van der Waals surface area contributed by atoms with Crippen molar-refractivity contribution >= 4 is 17.5 Å². The van der Waals surface area contributed by atoms with Crippen molar-refractivity contribution in [1.82, 2.24) is 4.90 Å². The minimum absolute atomic E-state index is 0.0515. The number of primary amides is 1. The number of nitrogens with two attached hydrogens (primary N) is 1. The van der Waals surface area contributed by atoms with Gasteiger partial charge >= 0.3 is 0 Å². The molecule has 0 atom stereocenters. The first kappa shape index (κ1) is 16.1. The average Bonchev–Trinajstić information content (AvgIpc) is 2.93. The number of nitrogens with zero attached hydrogens (tertiary/aromatic N) is 2. The molecule has 2 amide bonds. The fourth-order valence-corrected chi connectivity index (χ4v) is 3.00. The van der Waals surface area contributed by atoms with E-state index in [4.69, 9.17) is 10.2 Å². The van der Waals surface area contributed by atoms with Gasteiger partial charge in [0.2, 0.25) is 5.91 Å². The Morgan fingerprint density at radius 1 is 1.04 bits per heavy atom. The van der Waals surface area contributed by atoms with Crippen LogP contribution < -0.4 is 10.6 Å². The second-order valence-corrected chi connectivity index (χ2v) is 6.06. The van der Waals surface area contributed by atoms with Crippen LogP contribution in [0.2, 0.25) is 0 Å². The predicted octanol–water partition coefficient (Wildman–Crippen LogP) is 1.96. The zero-order valence-corrected chi connectivity index (χ0v) is 13.9. The van der Waals surface area contributed by atoms with E-state index in [0.717, 1.165) is 30.1 Å². The fourth-order valence-electron chi connectivity index (χ4n) is 3.00. The second kappa shape index (κ2) is 6.39. The van der Waals surface area contributed by atoms with E-state index in [0.29, 0.717) is 24.4 Å². The molecular formula is C18H21N3O3. The zero-order chi connectivity index (χ0) is 17.3. The van der Waals surface area contributed by atoms with Crippen molar-refractivity contribution in [2.45, 2.75) is 13.8 Å². The van der Waals surface area contributed by atoms with Crippen molar-refractivity contribution in [3.8, 4) is 0 Å². The van der Waals surface area contributed by atoms with Gasteiger partial charge in [0.25, 0.3) is 5.91 Å². The average molecular weight is 327 g/mol. The Balaban J connectivity index is 1.64. The van der Waals surface area contributed by atoms with Crippen LogP contribution >= 0.6 is 0 Å². The van der Waals surface area contributed by atoms with E-state index in [1.165, 1.54) is 0 Å². The lowest BCUT2D eigenvalue weighted by molar-refractivity contribution is 0.0712. The second-order valence-electron chi connectivity index (χ2n) is 6.06. The molecule has 0 bridgehead atoms. The molecule has 6 heteroatoms. The van der Waals surface area contributed by atoms with Gasteiger partial charge in [-0.25, -0.2) is 0 Å². The van der Waals surface area contributed by atoms with Crippen molar-refractivity contribution in [1.29, 1.82) is 0 Å². The van der Waals surface area contributed by atoms with E-state index in [9.17, 15) is 9.59 Å². The molecule has 1 fully saturated rings. The van der Waals surface area contributed by atoms with Crippen LogP contribution in [0.25, 0.3) is 0 Å². The number of piperazine rings is 1. The molecule has 6 nitrogen and oxygen atoms in total. The molecule has 1 aliphatic heterocycles. The zero-order valence-electron chi connectivity index (χ0n) is 13.9. The van der Waals surface area contributed by atoms with Gasteiger partial charge in [-0.1, -0.05) is 0 Å². The molecule has 0 saturated carbocycles. The molecule has 1 saturated heterocycles. The molecule has 0 aliphatic carbocycles. The fraction of sp³-hybridized carbons (Fsp3) is 0.333. The van der Waals surface area contributed by atoms with Crippen molar-refractivity contribution < 1.29 is 14.0 Å². The molecular weight excluding hydrogens is 306 g/mol. The molecule has 2 heterocycles. The third kappa shape index (κ3) is 3.13. The van der Waals surface area contributed by atoms with Crippen LogP contribution in [-0.4, -0.2) is 42.9 Å². The topological polar surface area (TPSA) is 79.8 Å². The van der Waals surface area contributed by atoms with Crippen LogP contribution in [0.3, 0.4) is 0 Å². The third-order valence-electron chi connectivity index (χ3n) is 4.32. The van der Waals surface area contributed by atoms with Gasteiger partial charge in [-0.15, -0.1) is 0 Å². The maximum atomic E-state index is 12.6. The molecule has 0 spiro atoms. The van der Waals surface area contributed by atoms with Crippen molar-refractivity contribution in [2.75, 3.05) is 31.1 Å². The quantitative estimate of drug-likeness (QED) is 0.934. The minimum atomic E-state index is -0.430. The summed E-state index contributed by atoms with van der Waals surface area (Å²) in [7, 11) is 0. The Morgan fingerprint density at radius 3 is 2.17 bits per heavy atom. The van der Waals surface area contributed by atoms with Gasteiger partial charge in [-0.05, 0) is 44.2 Å². The van der Waals surface area contributed by atoms with Crippen molar-refractivity contribution in [3.05, 3.63) is 53.0 Å². The summed E-state index contributed by atoms with van der Waals surface area (Å²) < 4.78 is 5.53. The molecule has 3 rings (SSSR count). The number of hydrogen-bond donors (Lipinski definition) is 1. The lowest BCUT2D eigenvalue weighted by Gasteiger charge is -2.35. The van der Waals surface area contributed by atoms with Crippen LogP contribution in [0, 0.1) is 13.8 Å². The summed E-state index contributed by atoms with van der Waals surface area (Å²) in [6.45, 7) is 6.48. The van der Waals surface area contributed by atoms with Crippen LogP contribution in [0.5, 0.6) is 0 Å². The molecule has 24 heavy (non-hydrogen) atoms. The number of anilines is 1. The van der Waals surface area contributed by atoms with Gasteiger partial charge in [-0.2, -0.15) is 0 Å². The highest BCUT2D eigenvalue weighted by atomic mass is 16.4. The van der Waals surface area contributed by atoms with Gasteiger partial charge in [0.05, 0.1) is 0 Å². The minimum Gasteiger partial charge on any atom is -0.456 e. The highest BCUT2D eigenvalue weighted by Gasteiger charge is 2.25. The summed E-state index contributed by atoms with van der Waals surface area (Å²) >= 11 is 0. The largest absolute Gasteiger partial charge is 0.456 e. The standard InChI is InChI=1S/C18H21N3O3/c1-12-11-13(2)24-16(12)18(23)21-9-7-20(8-10-21)15-5-3-14(4-6-15)17(19)22/h3-6,11H,7-10H2,1-2H3,(H2,19,22). The van der Waals surface area contributed by atoms with E-state index in [1.54, 1.807) is 12.1 Å². The number of carbonyl (C=O) groups is 2. The molecule has 2 N–H and O–H groups in total. The Bertz CT molecular complexity index is 756. The normalized spacial score (nSPS) is 14.8. The Kier molecular flexibility index (Phi) is 4.29. The van der Waals surface area contributed by atoms with E-state index in [1.807, 2.05) is 36.9 Å². The van der Waals surface area contributed by atoms with E-state index >= 15 is 0 Å². The van der Waals surface area contributed by atoms with Crippen LogP contribution in [0.1, 0.15) is 32.2 Å². The van der Waals surface area contributed by atoms with Crippen LogP contribution in [0.4, 0.5) is 5.69 Å². The molecule has 0 unspecified atom stereocenters. The number of amides is 2. The number of rotatable bonds is 3. The number of benzene rings is 1. The number of carbonyl (C=O) groups excluding carboxylic acids is 2. The molecule has 2 aromatic rings. The molecule has 126 valence electrons. The van der Waals surface area contributed by atoms with Crippen molar-refractivity contribution in [2.24, 2.45) is 5.73 Å². The lowest BCUT2D eigenvalue weighted by Crippen LogP contribution is -2.48. The van der Waals surface area contributed by atoms with Gasteiger partial charge in [0.15, 0.2) is 5.76 Å². The molecule has 0 radical (unpaired) electrons. The smallest absolute Gasteiger partial charge is 0.289 e. The van der Waals surface area contributed by atoms with E-state index in [2.05, 4.69) is 4.90 Å². The van der Waals surface area contributed by atoms with Crippen LogP contribution in [-0.2, 0) is 0 Å². The SMILES string of the molecule is Cc1cc(C)c(C(=O)N2CCN(c3ccc(C(N)=O)cc3)CC2)o1. The Morgan fingerprint density at radius 2 is 1.67 bits per heavy atom. The number of aryl methyl sites for hydroxylation is 2. The van der Waals surface area contributed by atoms with E-state index < -0.39 is 5.91 Å². The monoisotopic (exact) mass is 327 g/mol.